The Balaban J connectivity index is 1.53. The first-order valence-corrected chi connectivity index (χ1v) is 9.48. The maximum absolute atomic E-state index is 13.2. The molecule has 0 bridgehead atoms. The first-order valence-electron chi connectivity index (χ1n) is 9.48. The molecule has 26 heavy (non-hydrogen) atoms. The van der Waals surface area contributed by atoms with Crippen LogP contribution in [-0.4, -0.2) is 31.3 Å². The predicted molar refractivity (Wildman–Crippen MR) is 102 cm³/mol. The fraction of sp³-hybridized carbons (Fsp3) is 0.409. The van der Waals surface area contributed by atoms with E-state index in [4.69, 9.17) is 9.47 Å². The Morgan fingerprint density at radius 1 is 1.19 bits per heavy atom. The van der Waals surface area contributed by atoms with Gasteiger partial charge in [0, 0.05) is 23.9 Å². The number of hydrogen-bond donors (Lipinski definition) is 0. The van der Waals surface area contributed by atoms with Gasteiger partial charge in [-0.05, 0) is 62.4 Å². The average molecular weight is 351 g/mol. The highest BCUT2D eigenvalue weighted by molar-refractivity contribution is 6.07. The lowest BCUT2D eigenvalue weighted by Crippen LogP contribution is -2.42. The number of rotatable bonds is 4. The van der Waals surface area contributed by atoms with E-state index >= 15 is 0 Å². The highest BCUT2D eigenvalue weighted by Crippen LogP contribution is 2.32. The molecule has 0 radical (unpaired) electrons. The van der Waals surface area contributed by atoms with E-state index in [2.05, 4.69) is 13.0 Å². The van der Waals surface area contributed by atoms with E-state index in [-0.39, 0.29) is 18.1 Å². The minimum absolute atomic E-state index is 0.0345. The van der Waals surface area contributed by atoms with Crippen LogP contribution in [0.5, 0.6) is 5.75 Å². The van der Waals surface area contributed by atoms with E-state index in [1.54, 1.807) is 0 Å². The fourth-order valence-corrected chi connectivity index (χ4v) is 3.82. The van der Waals surface area contributed by atoms with Crippen molar-refractivity contribution in [3.63, 3.8) is 0 Å². The number of para-hydroxylation sites is 1. The maximum atomic E-state index is 13.2. The van der Waals surface area contributed by atoms with Crippen LogP contribution in [-0.2, 0) is 11.2 Å². The third-order valence-electron chi connectivity index (χ3n) is 5.28. The van der Waals surface area contributed by atoms with Crippen molar-refractivity contribution >= 4 is 11.6 Å². The van der Waals surface area contributed by atoms with Crippen LogP contribution in [0.3, 0.4) is 0 Å². The van der Waals surface area contributed by atoms with Gasteiger partial charge in [0.2, 0.25) is 0 Å². The van der Waals surface area contributed by atoms with Crippen LogP contribution in [0, 0.1) is 0 Å². The SMILES string of the molecule is CC1CCc2ccccc2N1C(=O)c1cccc(OCC2CCCO2)c1. The first kappa shape index (κ1) is 17.1. The number of anilines is 1. The molecule has 0 aliphatic carbocycles. The number of amides is 1. The van der Waals surface area contributed by atoms with Gasteiger partial charge in [-0.3, -0.25) is 4.79 Å². The van der Waals surface area contributed by atoms with Crippen molar-refractivity contribution in [1.29, 1.82) is 0 Å². The fourth-order valence-electron chi connectivity index (χ4n) is 3.82. The number of hydrogen-bond acceptors (Lipinski definition) is 3. The second kappa shape index (κ2) is 7.50. The molecule has 0 spiro atoms. The molecule has 2 aromatic rings. The summed E-state index contributed by atoms with van der Waals surface area (Å²) < 4.78 is 11.5. The molecule has 4 nitrogen and oxygen atoms in total. The van der Waals surface area contributed by atoms with E-state index in [1.165, 1.54) is 5.56 Å². The summed E-state index contributed by atoms with van der Waals surface area (Å²) >= 11 is 0. The summed E-state index contributed by atoms with van der Waals surface area (Å²) in [4.78, 5) is 15.2. The lowest BCUT2D eigenvalue weighted by atomic mass is 9.95. The average Bonchev–Trinajstić information content (AvgIpc) is 3.20. The number of benzene rings is 2. The van der Waals surface area contributed by atoms with Gasteiger partial charge in [-0.25, -0.2) is 0 Å². The third-order valence-corrected chi connectivity index (χ3v) is 5.28. The smallest absolute Gasteiger partial charge is 0.258 e. The standard InChI is InChI=1S/C22H25NO3/c1-16-11-12-17-6-2-3-10-21(17)23(16)22(24)18-7-4-8-19(14-18)26-15-20-9-5-13-25-20/h2-4,6-8,10,14,16,20H,5,9,11-13,15H2,1H3. The highest BCUT2D eigenvalue weighted by Gasteiger charge is 2.29. The van der Waals surface area contributed by atoms with Gasteiger partial charge < -0.3 is 14.4 Å². The Morgan fingerprint density at radius 3 is 2.92 bits per heavy atom. The van der Waals surface area contributed by atoms with Crippen molar-refractivity contribution in [1.82, 2.24) is 0 Å². The van der Waals surface area contributed by atoms with Crippen molar-refractivity contribution < 1.29 is 14.3 Å². The number of ether oxygens (including phenoxy) is 2. The number of nitrogens with zero attached hydrogens (tertiary/aromatic N) is 1. The second-order valence-corrected chi connectivity index (χ2v) is 7.17. The van der Waals surface area contributed by atoms with E-state index in [1.807, 2.05) is 47.4 Å². The molecule has 2 aliphatic heterocycles. The summed E-state index contributed by atoms with van der Waals surface area (Å²) in [6.45, 7) is 3.48. The number of aryl methyl sites for hydroxylation is 1. The molecular formula is C22H25NO3. The molecular weight excluding hydrogens is 326 g/mol. The molecule has 4 heteroatoms. The van der Waals surface area contributed by atoms with Crippen molar-refractivity contribution in [2.75, 3.05) is 18.1 Å². The Bertz CT molecular complexity index is 782. The molecule has 0 aromatic heterocycles. The van der Waals surface area contributed by atoms with Crippen molar-refractivity contribution in [3.05, 3.63) is 59.7 Å². The van der Waals surface area contributed by atoms with E-state index in [0.29, 0.717) is 12.2 Å². The van der Waals surface area contributed by atoms with Gasteiger partial charge in [0.1, 0.15) is 12.4 Å². The molecule has 2 unspecified atom stereocenters. The summed E-state index contributed by atoms with van der Waals surface area (Å²) in [5.41, 5.74) is 2.94. The molecule has 2 aromatic carbocycles. The predicted octanol–water partition coefficient (Wildman–Crippen LogP) is 4.23. The maximum Gasteiger partial charge on any atom is 0.258 e. The van der Waals surface area contributed by atoms with Gasteiger partial charge >= 0.3 is 0 Å². The monoisotopic (exact) mass is 351 g/mol. The molecule has 1 saturated heterocycles. The molecule has 136 valence electrons. The third kappa shape index (κ3) is 3.47. The first-order chi connectivity index (χ1) is 12.7. The largest absolute Gasteiger partial charge is 0.491 e. The molecule has 1 fully saturated rings. The van der Waals surface area contributed by atoms with E-state index in [9.17, 15) is 4.79 Å². The summed E-state index contributed by atoms with van der Waals surface area (Å²) in [7, 11) is 0. The summed E-state index contributed by atoms with van der Waals surface area (Å²) in [5.74, 6) is 0.761. The van der Waals surface area contributed by atoms with Gasteiger partial charge in [0.05, 0.1) is 6.10 Å². The van der Waals surface area contributed by atoms with Crippen LogP contribution in [0.2, 0.25) is 0 Å². The van der Waals surface area contributed by atoms with E-state index in [0.717, 1.165) is 43.7 Å². The Morgan fingerprint density at radius 2 is 2.08 bits per heavy atom. The Hall–Kier alpha value is -2.33. The van der Waals surface area contributed by atoms with Crippen LogP contribution in [0.4, 0.5) is 5.69 Å². The van der Waals surface area contributed by atoms with Crippen LogP contribution in [0.1, 0.15) is 42.1 Å². The molecule has 0 N–H and O–H groups in total. The molecule has 2 heterocycles. The van der Waals surface area contributed by atoms with Crippen LogP contribution in [0.15, 0.2) is 48.5 Å². The van der Waals surface area contributed by atoms with Gasteiger partial charge in [-0.15, -0.1) is 0 Å². The van der Waals surface area contributed by atoms with Gasteiger partial charge in [-0.1, -0.05) is 24.3 Å². The van der Waals surface area contributed by atoms with Gasteiger partial charge in [-0.2, -0.15) is 0 Å². The van der Waals surface area contributed by atoms with Crippen molar-refractivity contribution in [2.45, 2.75) is 44.8 Å². The Kier molecular flexibility index (Phi) is 4.93. The topological polar surface area (TPSA) is 38.8 Å². The van der Waals surface area contributed by atoms with Crippen LogP contribution < -0.4 is 9.64 Å². The van der Waals surface area contributed by atoms with Gasteiger partial charge in [0.15, 0.2) is 0 Å². The van der Waals surface area contributed by atoms with Crippen molar-refractivity contribution in [3.8, 4) is 5.75 Å². The zero-order valence-corrected chi connectivity index (χ0v) is 15.2. The van der Waals surface area contributed by atoms with E-state index < -0.39 is 0 Å². The summed E-state index contributed by atoms with van der Waals surface area (Å²) in [5, 5.41) is 0. The lowest BCUT2D eigenvalue weighted by molar-refractivity contribution is 0.0679. The number of carbonyl (C=O) groups is 1. The Labute approximate surface area is 154 Å². The van der Waals surface area contributed by atoms with Crippen molar-refractivity contribution in [2.24, 2.45) is 0 Å². The molecule has 2 aliphatic rings. The highest BCUT2D eigenvalue weighted by atomic mass is 16.5. The second-order valence-electron chi connectivity index (χ2n) is 7.17. The number of carbonyl (C=O) groups excluding carboxylic acids is 1. The zero-order valence-electron chi connectivity index (χ0n) is 15.2. The lowest BCUT2D eigenvalue weighted by Gasteiger charge is -2.35. The summed E-state index contributed by atoms with van der Waals surface area (Å²) in [6.07, 6.45) is 4.31. The molecule has 4 rings (SSSR count). The summed E-state index contributed by atoms with van der Waals surface area (Å²) in [6, 6.07) is 15.9. The molecule has 0 saturated carbocycles. The molecule has 2 atom stereocenters. The number of fused-ring (bicyclic) bond motifs is 1. The normalized spacial score (nSPS) is 22.1. The van der Waals surface area contributed by atoms with Crippen LogP contribution >= 0.6 is 0 Å². The van der Waals surface area contributed by atoms with Crippen LogP contribution in [0.25, 0.3) is 0 Å². The zero-order chi connectivity index (χ0) is 17.9. The molecule has 1 amide bonds. The minimum Gasteiger partial charge on any atom is -0.491 e. The minimum atomic E-state index is 0.0345. The quantitative estimate of drug-likeness (QED) is 0.828. The van der Waals surface area contributed by atoms with Gasteiger partial charge in [0.25, 0.3) is 5.91 Å².